The minimum atomic E-state index is -0.442. The van der Waals surface area contributed by atoms with Gasteiger partial charge in [-0.15, -0.1) is 0 Å². The van der Waals surface area contributed by atoms with Crippen LogP contribution in [0.3, 0.4) is 0 Å². The number of likely N-dealkylation sites (tertiary alicyclic amines) is 1. The largest absolute Gasteiger partial charge is 0.415 e. The monoisotopic (exact) mass is 463 g/mol. The first-order valence-corrected chi connectivity index (χ1v) is 11.2. The summed E-state index contributed by atoms with van der Waals surface area (Å²) in [6.07, 6.45) is 5.33. The smallest absolute Gasteiger partial charge is 0.410 e. The van der Waals surface area contributed by atoms with Crippen molar-refractivity contribution in [2.45, 2.75) is 26.3 Å². The van der Waals surface area contributed by atoms with Gasteiger partial charge in [0.2, 0.25) is 0 Å². The van der Waals surface area contributed by atoms with E-state index in [0.717, 1.165) is 28.9 Å². The molecule has 2 amide bonds. The maximum atomic E-state index is 12.9. The summed E-state index contributed by atoms with van der Waals surface area (Å²) in [4.78, 5) is 31.3. The quantitative estimate of drug-likeness (QED) is 0.513. The van der Waals surface area contributed by atoms with Crippen LogP contribution in [0.4, 0.5) is 16.3 Å². The molecule has 10 heteroatoms. The number of aryl methyl sites for hydroxylation is 2. The van der Waals surface area contributed by atoms with E-state index in [0.29, 0.717) is 25.3 Å². The third-order valence-electron chi connectivity index (χ3n) is 5.76. The molecule has 3 heterocycles. The van der Waals surface area contributed by atoms with E-state index >= 15 is 0 Å². The van der Waals surface area contributed by atoms with Crippen LogP contribution in [-0.2, 0) is 7.05 Å². The number of nitrogens with two attached hydrogens (primary N) is 1. The van der Waals surface area contributed by atoms with Crippen LogP contribution in [0.25, 0.3) is 11.1 Å². The van der Waals surface area contributed by atoms with E-state index in [2.05, 4.69) is 20.7 Å². The first-order chi connectivity index (χ1) is 16.3. The lowest BCUT2D eigenvalue weighted by molar-refractivity contribution is 0.0937. The highest BCUT2D eigenvalue weighted by Crippen LogP contribution is 2.24. The van der Waals surface area contributed by atoms with Gasteiger partial charge in [-0.05, 0) is 38.0 Å². The number of rotatable bonds is 6. The summed E-state index contributed by atoms with van der Waals surface area (Å²) < 4.78 is 7.24. The Morgan fingerprint density at radius 1 is 1.24 bits per heavy atom. The number of carbonyl (C=O) groups excluding carboxylic acids is 2. The Bertz CT molecular complexity index is 1210. The lowest BCUT2D eigenvalue weighted by Gasteiger charge is -2.18. The van der Waals surface area contributed by atoms with Gasteiger partial charge in [0, 0.05) is 68.0 Å². The molecule has 4 N–H and O–H groups in total. The van der Waals surface area contributed by atoms with E-state index < -0.39 is 6.09 Å². The Labute approximate surface area is 198 Å². The summed E-state index contributed by atoms with van der Waals surface area (Å²) in [6, 6.07) is 6.99. The Morgan fingerprint density at radius 2 is 2.06 bits per heavy atom. The average molecular weight is 464 g/mol. The van der Waals surface area contributed by atoms with Crippen molar-refractivity contribution in [2.24, 2.45) is 7.05 Å². The van der Waals surface area contributed by atoms with Gasteiger partial charge in [0.05, 0.1) is 11.8 Å². The van der Waals surface area contributed by atoms with Gasteiger partial charge >= 0.3 is 6.09 Å². The zero-order chi connectivity index (χ0) is 24.2. The number of pyridine rings is 1. The molecule has 1 fully saturated rings. The van der Waals surface area contributed by atoms with Crippen molar-refractivity contribution in [2.75, 3.05) is 30.7 Å². The summed E-state index contributed by atoms with van der Waals surface area (Å²) in [6.45, 7) is 5.61. The van der Waals surface area contributed by atoms with Gasteiger partial charge in [0.25, 0.3) is 5.91 Å². The first-order valence-electron chi connectivity index (χ1n) is 11.2. The van der Waals surface area contributed by atoms with Gasteiger partial charge in [-0.3, -0.25) is 9.48 Å². The van der Waals surface area contributed by atoms with Gasteiger partial charge in [0.15, 0.2) is 0 Å². The highest BCUT2D eigenvalue weighted by atomic mass is 16.6. The van der Waals surface area contributed by atoms with Gasteiger partial charge in [-0.2, -0.15) is 5.10 Å². The highest BCUT2D eigenvalue weighted by Gasteiger charge is 2.29. The predicted molar refractivity (Wildman–Crippen MR) is 130 cm³/mol. The van der Waals surface area contributed by atoms with Crippen LogP contribution in [0.2, 0.25) is 0 Å². The summed E-state index contributed by atoms with van der Waals surface area (Å²) in [5, 5.41) is 10.4. The van der Waals surface area contributed by atoms with Crippen molar-refractivity contribution in [1.29, 1.82) is 0 Å². The maximum Gasteiger partial charge on any atom is 0.415 e. The minimum absolute atomic E-state index is 0.148. The Kier molecular flexibility index (Phi) is 6.67. The summed E-state index contributed by atoms with van der Waals surface area (Å²) in [5.74, 6) is 0.296. The van der Waals surface area contributed by atoms with Crippen molar-refractivity contribution in [3.05, 3.63) is 54.0 Å². The van der Waals surface area contributed by atoms with Crippen LogP contribution in [-0.4, -0.2) is 57.3 Å². The molecule has 4 rings (SSSR count). The third kappa shape index (κ3) is 5.11. The predicted octanol–water partition coefficient (Wildman–Crippen LogP) is 2.81. The fourth-order valence-electron chi connectivity index (χ4n) is 3.90. The van der Waals surface area contributed by atoms with Crippen molar-refractivity contribution < 1.29 is 14.3 Å². The van der Waals surface area contributed by atoms with Crippen LogP contribution >= 0.6 is 0 Å². The second-order valence-corrected chi connectivity index (χ2v) is 8.34. The van der Waals surface area contributed by atoms with E-state index in [-0.39, 0.29) is 23.3 Å². The summed E-state index contributed by atoms with van der Waals surface area (Å²) >= 11 is 0. The molecule has 3 aromatic rings. The van der Waals surface area contributed by atoms with Crippen molar-refractivity contribution in [1.82, 2.24) is 25.0 Å². The fourth-order valence-corrected chi connectivity index (χ4v) is 3.90. The van der Waals surface area contributed by atoms with Crippen LogP contribution in [0, 0.1) is 6.92 Å². The van der Waals surface area contributed by atoms with E-state index in [9.17, 15) is 9.59 Å². The maximum absolute atomic E-state index is 12.9. The molecule has 0 bridgehead atoms. The molecule has 34 heavy (non-hydrogen) atoms. The van der Waals surface area contributed by atoms with Crippen LogP contribution in [0.1, 0.15) is 29.3 Å². The zero-order valence-corrected chi connectivity index (χ0v) is 19.5. The number of aromatic nitrogens is 3. The van der Waals surface area contributed by atoms with E-state index in [1.165, 1.54) is 0 Å². The zero-order valence-electron chi connectivity index (χ0n) is 19.5. The fraction of sp³-hybridized carbons (Fsp3) is 0.333. The second kappa shape index (κ2) is 9.82. The number of nitrogens with one attached hydrogen (secondary N) is 2. The number of carbonyl (C=O) groups is 2. The second-order valence-electron chi connectivity index (χ2n) is 8.34. The molecule has 0 spiro atoms. The standard InChI is InChI=1S/C24H29N7O3/c1-4-26-21-10-19(6-5-15(21)2)34-24(33)31-8-7-18(14-31)29-23(32)20-9-16(11-27-22(20)25)17-12-28-30(3)13-17/h5-6,9-13,18,26H,4,7-8,14H2,1-3H3,(H2,25,27)(H,29,32)/t18-/m1/s1. The van der Waals surface area contributed by atoms with Crippen molar-refractivity contribution in [3.8, 4) is 16.9 Å². The number of amides is 2. The molecule has 178 valence electrons. The number of benzene rings is 1. The Balaban J connectivity index is 1.37. The van der Waals surface area contributed by atoms with Crippen LogP contribution < -0.4 is 21.1 Å². The molecule has 1 aromatic carbocycles. The normalized spacial score (nSPS) is 15.3. The molecule has 0 aliphatic carbocycles. The van der Waals surface area contributed by atoms with Crippen LogP contribution in [0.5, 0.6) is 5.75 Å². The number of nitrogen functional groups attached to an aromatic ring is 1. The van der Waals surface area contributed by atoms with Gasteiger partial charge in [-0.1, -0.05) is 6.07 Å². The Morgan fingerprint density at radius 3 is 2.79 bits per heavy atom. The molecular formula is C24H29N7O3. The number of hydrogen-bond donors (Lipinski definition) is 3. The molecule has 1 aliphatic heterocycles. The van der Waals surface area contributed by atoms with E-state index in [4.69, 9.17) is 10.5 Å². The van der Waals surface area contributed by atoms with Crippen LogP contribution in [0.15, 0.2) is 42.9 Å². The minimum Gasteiger partial charge on any atom is -0.410 e. The van der Waals surface area contributed by atoms with E-state index in [1.54, 1.807) is 34.1 Å². The molecular weight excluding hydrogens is 434 g/mol. The Hall–Kier alpha value is -4.08. The molecule has 1 aliphatic rings. The molecule has 2 aromatic heterocycles. The molecule has 1 atom stereocenters. The highest BCUT2D eigenvalue weighted by molar-refractivity contribution is 5.99. The first kappa shape index (κ1) is 23.1. The third-order valence-corrected chi connectivity index (χ3v) is 5.76. The van der Waals surface area contributed by atoms with Gasteiger partial charge < -0.3 is 26.0 Å². The lowest BCUT2D eigenvalue weighted by atomic mass is 10.1. The topological polar surface area (TPSA) is 127 Å². The number of ether oxygens (including phenoxy) is 1. The number of anilines is 2. The van der Waals surface area contributed by atoms with Crippen molar-refractivity contribution in [3.63, 3.8) is 0 Å². The molecule has 0 radical (unpaired) electrons. The average Bonchev–Trinajstić information content (AvgIpc) is 3.45. The molecule has 10 nitrogen and oxygen atoms in total. The summed E-state index contributed by atoms with van der Waals surface area (Å²) in [5.41, 5.74) is 9.86. The van der Waals surface area contributed by atoms with Crippen molar-refractivity contribution >= 4 is 23.5 Å². The molecule has 1 saturated heterocycles. The lowest BCUT2D eigenvalue weighted by Crippen LogP contribution is -2.39. The number of hydrogen-bond acceptors (Lipinski definition) is 7. The van der Waals surface area contributed by atoms with Gasteiger partial charge in [-0.25, -0.2) is 9.78 Å². The van der Waals surface area contributed by atoms with Gasteiger partial charge in [0.1, 0.15) is 11.6 Å². The summed E-state index contributed by atoms with van der Waals surface area (Å²) in [7, 11) is 1.82. The number of nitrogens with zero attached hydrogens (tertiary/aromatic N) is 4. The molecule has 0 saturated carbocycles. The van der Waals surface area contributed by atoms with E-state index in [1.807, 2.05) is 39.2 Å². The SMILES string of the molecule is CCNc1cc(OC(=O)N2CC[C@@H](NC(=O)c3cc(-c4cnn(C)c4)cnc3N)C2)ccc1C. The molecule has 0 unspecified atom stereocenters.